The fraction of sp³-hybridized carbons (Fsp3) is 0.562. The van der Waals surface area contributed by atoms with Gasteiger partial charge in [0.25, 0.3) is 0 Å². The van der Waals surface area contributed by atoms with Crippen LogP contribution in [0.2, 0.25) is 0 Å². The van der Waals surface area contributed by atoms with Gasteiger partial charge in [0, 0.05) is 43.4 Å². The molecule has 0 unspecified atom stereocenters. The van der Waals surface area contributed by atoms with E-state index in [1.165, 1.54) is 0 Å². The van der Waals surface area contributed by atoms with E-state index < -0.39 is 6.03 Å². The summed E-state index contributed by atoms with van der Waals surface area (Å²) in [4.78, 5) is 32.1. The van der Waals surface area contributed by atoms with E-state index in [1.54, 1.807) is 6.20 Å². The maximum absolute atomic E-state index is 11.9. The molecule has 1 aliphatic rings. The number of carbonyl (C=O) groups excluding carboxylic acids is 2. The van der Waals surface area contributed by atoms with Crippen molar-refractivity contribution in [1.29, 1.82) is 0 Å². The first kappa shape index (κ1) is 18.7. The van der Waals surface area contributed by atoms with Gasteiger partial charge in [0.1, 0.15) is 5.82 Å². The number of nitrogens with zero attached hydrogens (tertiary/aromatic N) is 3. The molecule has 1 saturated heterocycles. The van der Waals surface area contributed by atoms with E-state index in [0.717, 1.165) is 49.3 Å². The molecule has 1 fully saturated rings. The number of urea groups is 1. The Morgan fingerprint density at radius 2 is 2.00 bits per heavy atom. The SMILES string of the molecule is CCCCNC(=O)NC(=O)CN1CCN(c2ccc(Br)cn2)CC1. The maximum atomic E-state index is 11.9. The Labute approximate surface area is 150 Å². The number of imide groups is 1. The molecular weight excluding hydrogens is 374 g/mol. The first-order valence-electron chi connectivity index (χ1n) is 8.25. The van der Waals surface area contributed by atoms with Crippen molar-refractivity contribution in [1.82, 2.24) is 20.5 Å². The largest absolute Gasteiger partial charge is 0.354 e. The first-order chi connectivity index (χ1) is 11.6. The molecule has 24 heavy (non-hydrogen) atoms. The summed E-state index contributed by atoms with van der Waals surface area (Å²) >= 11 is 3.38. The van der Waals surface area contributed by atoms with Crippen LogP contribution in [0.5, 0.6) is 0 Å². The number of piperazine rings is 1. The molecule has 7 nitrogen and oxygen atoms in total. The van der Waals surface area contributed by atoms with Gasteiger partial charge in [-0.3, -0.25) is 15.0 Å². The predicted octanol–water partition coefficient (Wildman–Crippen LogP) is 1.59. The second kappa shape index (κ2) is 9.58. The predicted molar refractivity (Wildman–Crippen MR) is 97.0 cm³/mol. The van der Waals surface area contributed by atoms with Gasteiger partial charge >= 0.3 is 6.03 Å². The summed E-state index contributed by atoms with van der Waals surface area (Å²) < 4.78 is 0.957. The molecule has 3 amide bonds. The zero-order valence-corrected chi connectivity index (χ0v) is 15.5. The van der Waals surface area contributed by atoms with Crippen LogP contribution in [0.25, 0.3) is 0 Å². The Balaban J connectivity index is 1.69. The fourth-order valence-corrected chi connectivity index (χ4v) is 2.72. The van der Waals surface area contributed by atoms with Crippen LogP contribution in [-0.4, -0.2) is 61.1 Å². The zero-order chi connectivity index (χ0) is 17.4. The Bertz CT molecular complexity index is 544. The highest BCUT2D eigenvalue weighted by Gasteiger charge is 2.20. The van der Waals surface area contributed by atoms with Gasteiger partial charge in [-0.05, 0) is 34.5 Å². The molecule has 2 heterocycles. The first-order valence-corrected chi connectivity index (χ1v) is 9.04. The molecule has 0 aliphatic carbocycles. The molecule has 0 bridgehead atoms. The minimum atomic E-state index is -0.411. The lowest BCUT2D eigenvalue weighted by Gasteiger charge is -2.34. The second-order valence-electron chi connectivity index (χ2n) is 5.76. The summed E-state index contributed by atoms with van der Waals surface area (Å²) in [5.74, 6) is 0.678. The molecular formula is C16H24BrN5O2. The van der Waals surface area contributed by atoms with Crippen molar-refractivity contribution in [3.8, 4) is 0 Å². The van der Waals surface area contributed by atoms with Gasteiger partial charge < -0.3 is 10.2 Å². The molecule has 0 aromatic carbocycles. The molecule has 132 valence electrons. The third-order valence-electron chi connectivity index (χ3n) is 3.84. The number of anilines is 1. The van der Waals surface area contributed by atoms with Crippen LogP contribution in [-0.2, 0) is 4.79 Å². The molecule has 1 aliphatic heterocycles. The van der Waals surface area contributed by atoms with E-state index in [9.17, 15) is 9.59 Å². The van der Waals surface area contributed by atoms with Crippen LogP contribution >= 0.6 is 15.9 Å². The maximum Gasteiger partial charge on any atom is 0.321 e. The average molecular weight is 398 g/mol. The third kappa shape index (κ3) is 6.09. The second-order valence-corrected chi connectivity index (χ2v) is 6.67. The van der Waals surface area contributed by atoms with Gasteiger partial charge in [-0.25, -0.2) is 9.78 Å². The summed E-state index contributed by atoms with van der Waals surface area (Å²) in [5.41, 5.74) is 0. The number of halogens is 1. The number of amides is 3. The summed E-state index contributed by atoms with van der Waals surface area (Å²) in [5, 5.41) is 5.05. The van der Waals surface area contributed by atoms with Crippen LogP contribution in [0.3, 0.4) is 0 Å². The van der Waals surface area contributed by atoms with Crippen molar-refractivity contribution in [2.75, 3.05) is 44.2 Å². The smallest absolute Gasteiger partial charge is 0.321 e. The molecule has 0 spiro atoms. The lowest BCUT2D eigenvalue weighted by molar-refractivity contribution is -0.121. The number of carbonyl (C=O) groups is 2. The normalized spacial score (nSPS) is 15.2. The van der Waals surface area contributed by atoms with Crippen LogP contribution in [0, 0.1) is 0 Å². The quantitative estimate of drug-likeness (QED) is 0.712. The van der Waals surface area contributed by atoms with E-state index >= 15 is 0 Å². The van der Waals surface area contributed by atoms with Crippen molar-refractivity contribution in [3.05, 3.63) is 22.8 Å². The van der Waals surface area contributed by atoms with E-state index in [2.05, 4.69) is 36.4 Å². The van der Waals surface area contributed by atoms with Crippen molar-refractivity contribution in [3.63, 3.8) is 0 Å². The number of rotatable bonds is 6. The van der Waals surface area contributed by atoms with Gasteiger partial charge in [-0.2, -0.15) is 0 Å². The number of unbranched alkanes of at least 4 members (excludes halogenated alkanes) is 1. The standard InChI is InChI=1S/C16H24BrN5O2/c1-2-3-6-18-16(24)20-15(23)12-21-7-9-22(10-8-21)14-5-4-13(17)11-19-14/h4-5,11H,2-3,6-10,12H2,1H3,(H2,18,20,23,24). The van der Waals surface area contributed by atoms with Crippen molar-refractivity contribution in [2.45, 2.75) is 19.8 Å². The Kier molecular flexibility index (Phi) is 7.45. The minimum Gasteiger partial charge on any atom is -0.354 e. The molecule has 0 radical (unpaired) electrons. The van der Waals surface area contributed by atoms with Gasteiger partial charge in [0.05, 0.1) is 6.54 Å². The summed E-state index contributed by atoms with van der Waals surface area (Å²) in [6.45, 7) is 6.03. The van der Waals surface area contributed by atoms with Crippen LogP contribution < -0.4 is 15.5 Å². The van der Waals surface area contributed by atoms with Crippen molar-refractivity contribution < 1.29 is 9.59 Å². The number of nitrogens with one attached hydrogen (secondary N) is 2. The Morgan fingerprint density at radius 1 is 1.25 bits per heavy atom. The van der Waals surface area contributed by atoms with E-state index in [4.69, 9.17) is 0 Å². The molecule has 0 saturated carbocycles. The molecule has 2 N–H and O–H groups in total. The number of pyridine rings is 1. The number of aromatic nitrogens is 1. The van der Waals surface area contributed by atoms with E-state index in [1.807, 2.05) is 24.0 Å². The van der Waals surface area contributed by atoms with Gasteiger partial charge in [0.2, 0.25) is 5.91 Å². The highest BCUT2D eigenvalue weighted by Crippen LogP contribution is 2.16. The Hall–Kier alpha value is -1.67. The van der Waals surface area contributed by atoms with Gasteiger partial charge in [0.15, 0.2) is 0 Å². The van der Waals surface area contributed by atoms with Crippen LogP contribution in [0.1, 0.15) is 19.8 Å². The molecule has 2 rings (SSSR count). The lowest BCUT2D eigenvalue weighted by Crippen LogP contribution is -2.51. The zero-order valence-electron chi connectivity index (χ0n) is 13.9. The van der Waals surface area contributed by atoms with Gasteiger partial charge in [-0.1, -0.05) is 13.3 Å². The Morgan fingerprint density at radius 3 is 2.62 bits per heavy atom. The lowest BCUT2D eigenvalue weighted by atomic mass is 10.3. The molecule has 1 aromatic heterocycles. The number of hydrogen-bond donors (Lipinski definition) is 2. The van der Waals surface area contributed by atoms with E-state index in [-0.39, 0.29) is 12.5 Å². The molecule has 1 aromatic rings. The minimum absolute atomic E-state index is 0.239. The van der Waals surface area contributed by atoms with Crippen LogP contribution in [0.4, 0.5) is 10.6 Å². The van der Waals surface area contributed by atoms with E-state index in [0.29, 0.717) is 6.54 Å². The topological polar surface area (TPSA) is 77.6 Å². The summed E-state index contributed by atoms with van der Waals surface area (Å²) in [6.07, 6.45) is 3.70. The highest BCUT2D eigenvalue weighted by molar-refractivity contribution is 9.10. The summed E-state index contributed by atoms with van der Waals surface area (Å²) in [7, 11) is 0. The van der Waals surface area contributed by atoms with Crippen LogP contribution in [0.15, 0.2) is 22.8 Å². The molecule has 8 heteroatoms. The molecule has 0 atom stereocenters. The summed E-state index contributed by atoms with van der Waals surface area (Å²) in [6, 6.07) is 3.54. The monoisotopic (exact) mass is 397 g/mol. The number of hydrogen-bond acceptors (Lipinski definition) is 5. The van der Waals surface area contributed by atoms with Crippen molar-refractivity contribution >= 4 is 33.7 Å². The fourth-order valence-electron chi connectivity index (χ4n) is 2.48. The average Bonchev–Trinajstić information content (AvgIpc) is 2.56. The third-order valence-corrected chi connectivity index (χ3v) is 4.31. The highest BCUT2D eigenvalue weighted by atomic mass is 79.9. The van der Waals surface area contributed by atoms with Gasteiger partial charge in [-0.15, -0.1) is 0 Å². The van der Waals surface area contributed by atoms with Crippen molar-refractivity contribution in [2.24, 2.45) is 0 Å².